The van der Waals surface area contributed by atoms with Crippen molar-refractivity contribution in [2.75, 3.05) is 10.0 Å². The number of halogens is 3. The van der Waals surface area contributed by atoms with Gasteiger partial charge in [0, 0.05) is 11.4 Å². The Balaban J connectivity index is 2.03. The van der Waals surface area contributed by atoms with Crippen LogP contribution in [-0.2, 0) is 20.9 Å². The summed E-state index contributed by atoms with van der Waals surface area (Å²) < 4.78 is 69.9. The van der Waals surface area contributed by atoms with E-state index in [0.717, 1.165) is 23.6 Å². The van der Waals surface area contributed by atoms with Gasteiger partial charge in [-0.25, -0.2) is 13.2 Å². The number of carbonyl (C=O) groups excluding carboxylic acids is 1. The molecule has 0 saturated carbocycles. The van der Waals surface area contributed by atoms with Crippen LogP contribution >= 0.6 is 0 Å². The molecule has 0 aliphatic rings. The highest BCUT2D eigenvalue weighted by Gasteiger charge is 2.30. The van der Waals surface area contributed by atoms with Crippen LogP contribution in [0.3, 0.4) is 0 Å². The van der Waals surface area contributed by atoms with Gasteiger partial charge in [0.15, 0.2) is 0 Å². The fourth-order valence-corrected chi connectivity index (χ4v) is 3.10. The van der Waals surface area contributed by atoms with E-state index in [1.165, 1.54) is 36.4 Å². The topological polar surface area (TPSA) is 84.5 Å². The molecule has 2 N–H and O–H groups in total. The smallest absolute Gasteiger partial charge is 0.416 e. The second-order valence-corrected chi connectivity index (χ2v) is 8.84. The molecule has 0 spiro atoms. The van der Waals surface area contributed by atoms with Crippen molar-refractivity contribution in [1.29, 1.82) is 0 Å². The van der Waals surface area contributed by atoms with Gasteiger partial charge in [0.05, 0.1) is 11.0 Å². The molecule has 0 bridgehead atoms. The lowest BCUT2D eigenvalue weighted by Crippen LogP contribution is -2.27. The van der Waals surface area contributed by atoms with E-state index in [1.807, 2.05) is 0 Å². The van der Waals surface area contributed by atoms with Crippen LogP contribution in [0.25, 0.3) is 6.08 Å². The van der Waals surface area contributed by atoms with Crippen LogP contribution in [0, 0.1) is 0 Å². The number of rotatable bonds is 5. The number of amides is 1. The monoisotopic (exact) mass is 442 g/mol. The molecule has 0 atom stereocenters. The van der Waals surface area contributed by atoms with Gasteiger partial charge in [-0.1, -0.05) is 12.1 Å². The molecular weight excluding hydrogens is 421 g/mol. The van der Waals surface area contributed by atoms with Gasteiger partial charge in [0.25, 0.3) is 10.0 Å². The Hall–Kier alpha value is -3.01. The number of benzene rings is 2. The van der Waals surface area contributed by atoms with Gasteiger partial charge < -0.3 is 4.74 Å². The van der Waals surface area contributed by atoms with Crippen molar-refractivity contribution in [3.63, 3.8) is 0 Å². The summed E-state index contributed by atoms with van der Waals surface area (Å²) in [5, 5.41) is 3.28. The van der Waals surface area contributed by atoms with E-state index in [9.17, 15) is 26.4 Å². The lowest BCUT2D eigenvalue weighted by Gasteiger charge is -2.19. The highest BCUT2D eigenvalue weighted by atomic mass is 32.2. The molecule has 0 aliphatic carbocycles. The first-order valence-corrected chi connectivity index (χ1v) is 10.3. The van der Waals surface area contributed by atoms with Crippen LogP contribution in [0.5, 0.6) is 0 Å². The Bertz CT molecular complexity index is 1030. The Morgan fingerprint density at radius 2 is 1.60 bits per heavy atom. The molecule has 30 heavy (non-hydrogen) atoms. The number of hydrogen-bond acceptors (Lipinski definition) is 4. The molecule has 0 aromatic heterocycles. The maximum Gasteiger partial charge on any atom is 0.416 e. The van der Waals surface area contributed by atoms with Crippen molar-refractivity contribution in [3.8, 4) is 0 Å². The zero-order chi connectivity index (χ0) is 22.6. The summed E-state index contributed by atoms with van der Waals surface area (Å²) in [7, 11) is -3.96. The largest absolute Gasteiger partial charge is 0.444 e. The fourth-order valence-electron chi connectivity index (χ4n) is 2.23. The standard InChI is InChI=1S/C20H21F3N2O4S/c1-19(2,3)29-18(26)24-16-7-9-17(10-8-16)25-30(27,28)12-11-14-5-4-6-15(13-14)20(21,22)23/h4-13,25H,1-3H3,(H,24,26)/b12-11+. The zero-order valence-electron chi connectivity index (χ0n) is 16.4. The van der Waals surface area contributed by atoms with Gasteiger partial charge in [-0.2, -0.15) is 13.2 Å². The third-order valence-corrected chi connectivity index (χ3v) is 4.46. The predicted octanol–water partition coefficient (Wildman–Crippen LogP) is 5.47. The van der Waals surface area contributed by atoms with Gasteiger partial charge in [-0.3, -0.25) is 10.0 Å². The van der Waals surface area contributed by atoms with E-state index >= 15 is 0 Å². The maximum atomic E-state index is 12.7. The molecule has 0 fully saturated rings. The highest BCUT2D eigenvalue weighted by Crippen LogP contribution is 2.29. The second-order valence-electron chi connectivity index (χ2n) is 7.28. The SMILES string of the molecule is CC(C)(C)OC(=O)Nc1ccc(NS(=O)(=O)/C=C/c2cccc(C(F)(F)F)c2)cc1. The molecule has 0 saturated heterocycles. The average Bonchev–Trinajstić information content (AvgIpc) is 2.59. The van der Waals surface area contributed by atoms with Crippen molar-refractivity contribution >= 4 is 33.6 Å². The lowest BCUT2D eigenvalue weighted by atomic mass is 10.1. The third kappa shape index (κ3) is 7.78. The fraction of sp³-hybridized carbons (Fsp3) is 0.250. The van der Waals surface area contributed by atoms with Gasteiger partial charge in [-0.15, -0.1) is 0 Å². The van der Waals surface area contributed by atoms with Crippen molar-refractivity contribution in [3.05, 3.63) is 65.1 Å². The zero-order valence-corrected chi connectivity index (χ0v) is 17.3. The summed E-state index contributed by atoms with van der Waals surface area (Å²) >= 11 is 0. The predicted molar refractivity (Wildman–Crippen MR) is 109 cm³/mol. The van der Waals surface area contributed by atoms with Crippen LogP contribution in [-0.4, -0.2) is 20.1 Å². The summed E-state index contributed by atoms with van der Waals surface area (Å²) in [6, 6.07) is 10.1. The van der Waals surface area contributed by atoms with Crippen LogP contribution in [0.15, 0.2) is 53.9 Å². The molecule has 2 aromatic carbocycles. The Morgan fingerprint density at radius 3 is 2.17 bits per heavy atom. The number of anilines is 2. The van der Waals surface area contributed by atoms with E-state index in [1.54, 1.807) is 20.8 Å². The number of ether oxygens (including phenoxy) is 1. The van der Waals surface area contributed by atoms with Crippen LogP contribution in [0.4, 0.5) is 29.3 Å². The quantitative estimate of drug-likeness (QED) is 0.644. The molecule has 10 heteroatoms. The van der Waals surface area contributed by atoms with Crippen molar-refractivity contribution in [2.45, 2.75) is 32.5 Å². The van der Waals surface area contributed by atoms with Crippen molar-refractivity contribution < 1.29 is 31.1 Å². The molecule has 2 rings (SSSR count). The van der Waals surface area contributed by atoms with E-state index in [2.05, 4.69) is 10.0 Å². The van der Waals surface area contributed by atoms with E-state index in [4.69, 9.17) is 4.74 Å². The minimum Gasteiger partial charge on any atom is -0.444 e. The van der Waals surface area contributed by atoms with Gasteiger partial charge in [0.2, 0.25) is 0 Å². The Labute approximate surface area is 172 Å². The molecule has 6 nitrogen and oxygen atoms in total. The normalized spacial score (nSPS) is 12.6. The Morgan fingerprint density at radius 1 is 1.00 bits per heavy atom. The molecule has 0 heterocycles. The maximum absolute atomic E-state index is 12.7. The van der Waals surface area contributed by atoms with E-state index < -0.39 is 33.5 Å². The number of nitrogens with one attached hydrogen (secondary N) is 2. The van der Waals surface area contributed by atoms with Crippen LogP contribution in [0.1, 0.15) is 31.9 Å². The molecule has 162 valence electrons. The molecule has 0 aliphatic heterocycles. The molecule has 0 unspecified atom stereocenters. The Kier molecular flexibility index (Phi) is 6.81. The van der Waals surface area contributed by atoms with Crippen molar-refractivity contribution in [2.24, 2.45) is 0 Å². The number of hydrogen-bond donors (Lipinski definition) is 2. The number of carbonyl (C=O) groups is 1. The summed E-state index contributed by atoms with van der Waals surface area (Å²) in [6.07, 6.45) is -4.11. The molecular formula is C20H21F3N2O4S. The minimum atomic E-state index is -4.52. The number of alkyl halides is 3. The molecule has 0 radical (unpaired) electrons. The van der Waals surface area contributed by atoms with Crippen LogP contribution < -0.4 is 10.0 Å². The van der Waals surface area contributed by atoms with Gasteiger partial charge in [0.1, 0.15) is 5.60 Å². The summed E-state index contributed by atoms with van der Waals surface area (Å²) in [6.45, 7) is 5.16. The first-order chi connectivity index (χ1) is 13.7. The molecule has 2 aromatic rings. The van der Waals surface area contributed by atoms with Gasteiger partial charge >= 0.3 is 12.3 Å². The summed E-state index contributed by atoms with van der Waals surface area (Å²) in [4.78, 5) is 11.7. The van der Waals surface area contributed by atoms with Crippen LogP contribution in [0.2, 0.25) is 0 Å². The lowest BCUT2D eigenvalue weighted by molar-refractivity contribution is -0.137. The summed E-state index contributed by atoms with van der Waals surface area (Å²) in [5.74, 6) is 0. The first kappa shape index (κ1) is 23.3. The second kappa shape index (κ2) is 8.78. The minimum absolute atomic E-state index is 0.0899. The molecule has 1 amide bonds. The average molecular weight is 442 g/mol. The number of sulfonamides is 1. The van der Waals surface area contributed by atoms with E-state index in [0.29, 0.717) is 5.69 Å². The first-order valence-electron chi connectivity index (χ1n) is 8.72. The van der Waals surface area contributed by atoms with E-state index in [-0.39, 0.29) is 11.3 Å². The highest BCUT2D eigenvalue weighted by molar-refractivity contribution is 7.95. The van der Waals surface area contributed by atoms with Gasteiger partial charge in [-0.05, 0) is 68.8 Å². The third-order valence-electron chi connectivity index (χ3n) is 3.44. The summed E-state index contributed by atoms with van der Waals surface area (Å²) in [5.41, 5.74) is -0.841. The van der Waals surface area contributed by atoms with Crippen molar-refractivity contribution in [1.82, 2.24) is 0 Å².